The molecule has 0 saturated heterocycles. The Morgan fingerprint density at radius 2 is 1.54 bits per heavy atom. The molecule has 7 nitrogen and oxygen atoms in total. The van der Waals surface area contributed by atoms with E-state index in [2.05, 4.69) is 9.97 Å². The molecule has 0 aliphatic heterocycles. The van der Waals surface area contributed by atoms with Crippen LogP contribution in [0.2, 0.25) is 15.5 Å². The minimum atomic E-state index is -0.553. The van der Waals surface area contributed by atoms with Crippen molar-refractivity contribution in [2.75, 3.05) is 0 Å². The fourth-order valence-corrected chi connectivity index (χ4v) is 2.11. The maximum atomic E-state index is 10.9. The number of nitrogens with two attached hydrogens (primary N) is 1. The van der Waals surface area contributed by atoms with Crippen LogP contribution in [0.25, 0.3) is 0 Å². The maximum Gasteiger partial charge on any atom is 0.249 e. The molecule has 0 spiro atoms. The van der Waals surface area contributed by atoms with Crippen LogP contribution in [0.15, 0.2) is 24.3 Å². The minimum absolute atomic E-state index is 0.0262. The van der Waals surface area contributed by atoms with Crippen molar-refractivity contribution < 1.29 is 14.6 Å². The molecule has 0 unspecified atom stereocenters. The lowest BCUT2D eigenvalue weighted by atomic mass is 10.2. The fraction of sp³-hybridized carbons (Fsp3) is 0.333. The second-order valence-corrected chi connectivity index (χ2v) is 6.92. The van der Waals surface area contributed by atoms with E-state index in [0.717, 1.165) is 0 Å². The molecule has 2 rings (SSSR count). The zero-order valence-corrected chi connectivity index (χ0v) is 18.0. The molecule has 0 aromatic carbocycles. The van der Waals surface area contributed by atoms with E-state index in [1.54, 1.807) is 13.8 Å². The molecule has 28 heavy (non-hydrogen) atoms. The first-order valence-corrected chi connectivity index (χ1v) is 9.13. The number of nitriles is 1. The number of aliphatic hydroxyl groups is 1. The predicted molar refractivity (Wildman–Crippen MR) is 110 cm³/mol. The Morgan fingerprint density at radius 1 is 1.07 bits per heavy atom. The fourth-order valence-electron chi connectivity index (χ4n) is 1.45. The Hall–Kier alpha value is -2.11. The zero-order valence-electron chi connectivity index (χ0n) is 15.8. The number of rotatable bonds is 3. The van der Waals surface area contributed by atoms with Gasteiger partial charge in [0.25, 0.3) is 0 Å². The van der Waals surface area contributed by atoms with Crippen molar-refractivity contribution in [3.63, 3.8) is 0 Å². The molecule has 1 amide bonds. The topological polar surface area (TPSA) is 122 Å². The van der Waals surface area contributed by atoms with Gasteiger partial charge in [0.15, 0.2) is 0 Å². The highest BCUT2D eigenvalue weighted by molar-refractivity contribution is 6.32. The highest BCUT2D eigenvalue weighted by Crippen LogP contribution is 2.17. The number of primary amides is 1. The summed E-state index contributed by atoms with van der Waals surface area (Å²) in [6.45, 7) is 7.15. The summed E-state index contributed by atoms with van der Waals surface area (Å²) in [5, 5.41) is 17.1. The van der Waals surface area contributed by atoms with Crippen LogP contribution < -0.4 is 10.5 Å². The Bertz CT molecular complexity index is 801. The number of aromatic nitrogens is 2. The summed E-state index contributed by atoms with van der Waals surface area (Å²) in [6, 6.07) is 7.67. The van der Waals surface area contributed by atoms with Gasteiger partial charge >= 0.3 is 0 Å². The molecule has 2 aromatic rings. The van der Waals surface area contributed by atoms with Gasteiger partial charge in [0.1, 0.15) is 15.5 Å². The van der Waals surface area contributed by atoms with Gasteiger partial charge in [-0.25, -0.2) is 9.97 Å². The Balaban J connectivity index is 0.000000454. The quantitative estimate of drug-likeness (QED) is 0.677. The van der Waals surface area contributed by atoms with Gasteiger partial charge in [-0.2, -0.15) is 5.26 Å². The van der Waals surface area contributed by atoms with Gasteiger partial charge in [0, 0.05) is 17.7 Å². The summed E-state index contributed by atoms with van der Waals surface area (Å²) < 4.78 is 5.28. The highest BCUT2D eigenvalue weighted by Gasteiger charge is 2.07. The monoisotopic (exact) mass is 446 g/mol. The lowest BCUT2D eigenvalue weighted by Crippen LogP contribution is -2.13. The molecule has 152 valence electrons. The van der Waals surface area contributed by atoms with E-state index in [4.69, 9.17) is 55.6 Å². The van der Waals surface area contributed by atoms with E-state index in [1.807, 2.05) is 19.9 Å². The van der Waals surface area contributed by atoms with Crippen molar-refractivity contribution >= 4 is 40.7 Å². The summed E-state index contributed by atoms with van der Waals surface area (Å²) in [5.41, 5.74) is 5.81. The van der Waals surface area contributed by atoms with Crippen molar-refractivity contribution in [2.45, 2.75) is 39.9 Å². The molecule has 0 atom stereocenters. The van der Waals surface area contributed by atoms with E-state index in [9.17, 15) is 4.79 Å². The lowest BCUT2D eigenvalue weighted by molar-refractivity contribution is 0.0999. The summed E-state index contributed by atoms with van der Waals surface area (Å²) in [4.78, 5) is 18.4. The molecule has 0 radical (unpaired) electrons. The van der Waals surface area contributed by atoms with Crippen molar-refractivity contribution in [3.8, 4) is 11.9 Å². The largest absolute Gasteiger partial charge is 0.475 e. The molecule has 10 heteroatoms. The van der Waals surface area contributed by atoms with Crippen LogP contribution in [0.4, 0.5) is 0 Å². The average molecular weight is 448 g/mol. The van der Waals surface area contributed by atoms with Crippen LogP contribution in [0.3, 0.4) is 0 Å². The molecular formula is C18H21Cl3N4O3. The first-order valence-electron chi connectivity index (χ1n) is 7.99. The Kier molecular flexibility index (Phi) is 12.1. The van der Waals surface area contributed by atoms with E-state index >= 15 is 0 Å². The third kappa shape index (κ3) is 12.3. The molecule has 2 heterocycles. The number of hydrogen-bond donors (Lipinski definition) is 2. The summed E-state index contributed by atoms with van der Waals surface area (Å²) in [6.07, 6.45) is -0.193. The van der Waals surface area contributed by atoms with Crippen LogP contribution in [-0.2, 0) is 0 Å². The van der Waals surface area contributed by atoms with Gasteiger partial charge in [-0.1, -0.05) is 34.8 Å². The zero-order chi connectivity index (χ0) is 21.9. The standard InChI is InChI=1S/C9H11ClN2O2.C6H2Cl2N2.C3H8O/c1-5(2)14-8-4-6(9(11)13)3-7(10)12-8;7-5-1-4(3-9)2-6(8)10-5;1-3(2)4/h3-5H,1-2H3,(H2,11,13);1-2H;3-4H,1-2H3. The van der Waals surface area contributed by atoms with Crippen molar-refractivity contribution in [2.24, 2.45) is 5.73 Å². The number of nitrogens with zero attached hydrogens (tertiary/aromatic N) is 3. The van der Waals surface area contributed by atoms with Crippen molar-refractivity contribution in [1.29, 1.82) is 5.26 Å². The number of amides is 1. The van der Waals surface area contributed by atoms with E-state index in [-0.39, 0.29) is 27.7 Å². The van der Waals surface area contributed by atoms with E-state index in [0.29, 0.717) is 17.0 Å². The number of ether oxygens (including phenoxy) is 1. The van der Waals surface area contributed by atoms with Crippen LogP contribution in [0.1, 0.15) is 43.6 Å². The lowest BCUT2D eigenvalue weighted by Gasteiger charge is -2.09. The number of halogens is 3. The van der Waals surface area contributed by atoms with Crippen LogP contribution in [-0.4, -0.2) is 33.2 Å². The smallest absolute Gasteiger partial charge is 0.249 e. The van der Waals surface area contributed by atoms with Gasteiger partial charge in [-0.15, -0.1) is 0 Å². The molecule has 0 bridgehead atoms. The van der Waals surface area contributed by atoms with Crippen molar-refractivity contribution in [3.05, 3.63) is 50.9 Å². The second kappa shape index (κ2) is 13.1. The number of carbonyl (C=O) groups is 1. The Morgan fingerprint density at radius 3 is 1.93 bits per heavy atom. The molecule has 0 saturated carbocycles. The Labute approximate surface area is 179 Å². The molecular weight excluding hydrogens is 427 g/mol. The number of hydrogen-bond acceptors (Lipinski definition) is 6. The SMILES string of the molecule is CC(C)O.CC(C)Oc1cc(C(N)=O)cc(Cl)n1.N#Cc1cc(Cl)nc(Cl)c1. The van der Waals surface area contributed by atoms with Crippen LogP contribution in [0.5, 0.6) is 5.88 Å². The summed E-state index contributed by atoms with van der Waals surface area (Å²) >= 11 is 16.6. The van der Waals surface area contributed by atoms with Gasteiger partial charge in [-0.3, -0.25) is 4.79 Å². The van der Waals surface area contributed by atoms with Crippen LogP contribution in [0, 0.1) is 11.3 Å². The first-order chi connectivity index (χ1) is 12.9. The van der Waals surface area contributed by atoms with Gasteiger partial charge in [-0.05, 0) is 45.9 Å². The number of aliphatic hydroxyl groups excluding tert-OH is 1. The normalized spacial score (nSPS) is 9.61. The van der Waals surface area contributed by atoms with Gasteiger partial charge in [0.05, 0.1) is 17.7 Å². The third-order valence-corrected chi connectivity index (χ3v) is 2.88. The number of carbonyl (C=O) groups excluding carboxylic acids is 1. The number of pyridine rings is 2. The van der Waals surface area contributed by atoms with Crippen molar-refractivity contribution in [1.82, 2.24) is 9.97 Å². The molecule has 0 aliphatic rings. The van der Waals surface area contributed by atoms with E-state index in [1.165, 1.54) is 24.3 Å². The first kappa shape index (κ1) is 25.9. The summed E-state index contributed by atoms with van der Waals surface area (Å²) in [7, 11) is 0. The molecule has 3 N–H and O–H groups in total. The third-order valence-electron chi connectivity index (χ3n) is 2.30. The molecule has 0 fully saturated rings. The second-order valence-electron chi connectivity index (χ2n) is 5.75. The van der Waals surface area contributed by atoms with E-state index < -0.39 is 5.91 Å². The van der Waals surface area contributed by atoms with Crippen LogP contribution >= 0.6 is 34.8 Å². The van der Waals surface area contributed by atoms with Gasteiger partial charge in [0.2, 0.25) is 11.8 Å². The predicted octanol–water partition coefficient (Wildman–Crippen LogP) is 4.27. The molecule has 0 aliphatic carbocycles. The minimum Gasteiger partial charge on any atom is -0.475 e. The highest BCUT2D eigenvalue weighted by atomic mass is 35.5. The average Bonchev–Trinajstić information content (AvgIpc) is 2.52. The van der Waals surface area contributed by atoms with Gasteiger partial charge < -0.3 is 15.6 Å². The molecule has 2 aromatic heterocycles. The summed E-state index contributed by atoms with van der Waals surface area (Å²) in [5.74, 6) is -0.246. The maximum absolute atomic E-state index is 10.9.